The Labute approximate surface area is 101 Å². The maximum Gasteiger partial charge on any atom is 0.272 e. The van der Waals surface area contributed by atoms with Crippen LogP contribution in [0.15, 0.2) is 12.1 Å². The number of hydrogen-bond donors (Lipinski definition) is 3. The van der Waals surface area contributed by atoms with Crippen LogP contribution in [0.1, 0.15) is 37.7 Å². The number of amides is 1. The molecule has 1 atom stereocenters. The summed E-state index contributed by atoms with van der Waals surface area (Å²) in [4.78, 5) is 11.9. The minimum Gasteiger partial charge on any atom is -0.348 e. The van der Waals surface area contributed by atoms with Gasteiger partial charge in [-0.05, 0) is 24.5 Å². The zero-order valence-electron chi connectivity index (χ0n) is 10.4. The van der Waals surface area contributed by atoms with E-state index >= 15 is 0 Å². The van der Waals surface area contributed by atoms with Crippen molar-refractivity contribution in [2.45, 2.75) is 33.2 Å². The van der Waals surface area contributed by atoms with Gasteiger partial charge in [0.15, 0.2) is 11.5 Å². The van der Waals surface area contributed by atoms with Crippen LogP contribution in [0.2, 0.25) is 0 Å². The van der Waals surface area contributed by atoms with Crippen molar-refractivity contribution in [2.75, 3.05) is 5.43 Å². The van der Waals surface area contributed by atoms with E-state index in [1.54, 1.807) is 12.1 Å². The van der Waals surface area contributed by atoms with E-state index in [0.29, 0.717) is 17.4 Å². The number of nitrogens with one attached hydrogen (secondary N) is 2. The van der Waals surface area contributed by atoms with Crippen LogP contribution >= 0.6 is 0 Å². The van der Waals surface area contributed by atoms with Crippen LogP contribution in [-0.4, -0.2) is 22.1 Å². The van der Waals surface area contributed by atoms with Gasteiger partial charge in [-0.15, -0.1) is 10.2 Å². The second-order valence-corrected chi connectivity index (χ2v) is 4.18. The molecule has 17 heavy (non-hydrogen) atoms. The van der Waals surface area contributed by atoms with E-state index < -0.39 is 0 Å². The van der Waals surface area contributed by atoms with Gasteiger partial charge in [0.1, 0.15) is 0 Å². The van der Waals surface area contributed by atoms with Crippen LogP contribution in [0.25, 0.3) is 0 Å². The van der Waals surface area contributed by atoms with Crippen LogP contribution in [0.3, 0.4) is 0 Å². The zero-order chi connectivity index (χ0) is 12.8. The Morgan fingerprint density at radius 2 is 2.12 bits per heavy atom. The van der Waals surface area contributed by atoms with Gasteiger partial charge in [-0.3, -0.25) is 4.79 Å². The number of hydrazine groups is 1. The van der Waals surface area contributed by atoms with Crippen LogP contribution in [0, 0.1) is 5.92 Å². The van der Waals surface area contributed by atoms with Crippen molar-refractivity contribution in [3.8, 4) is 0 Å². The van der Waals surface area contributed by atoms with Gasteiger partial charge in [0.05, 0.1) is 0 Å². The summed E-state index contributed by atoms with van der Waals surface area (Å²) in [6, 6.07) is 3.35. The molecule has 0 spiro atoms. The first-order valence-corrected chi connectivity index (χ1v) is 5.69. The fourth-order valence-electron chi connectivity index (χ4n) is 1.51. The highest BCUT2D eigenvalue weighted by molar-refractivity contribution is 5.92. The molecule has 0 fully saturated rings. The largest absolute Gasteiger partial charge is 0.348 e. The number of anilines is 1. The van der Waals surface area contributed by atoms with Crippen molar-refractivity contribution in [3.63, 3.8) is 0 Å². The Kier molecular flexibility index (Phi) is 4.84. The van der Waals surface area contributed by atoms with E-state index in [0.717, 1.165) is 6.42 Å². The summed E-state index contributed by atoms with van der Waals surface area (Å²) in [7, 11) is 0. The first-order valence-electron chi connectivity index (χ1n) is 5.69. The standard InChI is InChI=1S/C11H19N5O/c1-4-8(7(2)3)13-11(17)9-5-6-10(14-12)16-15-9/h5-8H,4,12H2,1-3H3,(H,13,17)(H,14,16). The molecule has 1 aromatic heterocycles. The first-order chi connectivity index (χ1) is 8.08. The third-order valence-electron chi connectivity index (χ3n) is 2.61. The Morgan fingerprint density at radius 1 is 1.41 bits per heavy atom. The summed E-state index contributed by atoms with van der Waals surface area (Å²) < 4.78 is 0. The van der Waals surface area contributed by atoms with E-state index in [1.165, 1.54) is 0 Å². The summed E-state index contributed by atoms with van der Waals surface area (Å²) in [5.74, 6) is 5.78. The lowest BCUT2D eigenvalue weighted by atomic mass is 10.0. The molecule has 0 bridgehead atoms. The average Bonchev–Trinajstić information content (AvgIpc) is 2.35. The molecule has 6 nitrogen and oxygen atoms in total. The fraction of sp³-hybridized carbons (Fsp3) is 0.545. The maximum atomic E-state index is 11.9. The van der Waals surface area contributed by atoms with Crippen molar-refractivity contribution in [3.05, 3.63) is 17.8 Å². The van der Waals surface area contributed by atoms with E-state index in [1.807, 2.05) is 6.92 Å². The van der Waals surface area contributed by atoms with Gasteiger partial charge in [0.2, 0.25) is 0 Å². The van der Waals surface area contributed by atoms with Crippen LogP contribution in [0.5, 0.6) is 0 Å². The van der Waals surface area contributed by atoms with Gasteiger partial charge < -0.3 is 10.7 Å². The highest BCUT2D eigenvalue weighted by Crippen LogP contribution is 2.07. The van der Waals surface area contributed by atoms with E-state index in [9.17, 15) is 4.79 Å². The van der Waals surface area contributed by atoms with Gasteiger partial charge in [0, 0.05) is 6.04 Å². The molecule has 1 rings (SSSR count). The van der Waals surface area contributed by atoms with E-state index in [4.69, 9.17) is 5.84 Å². The number of aromatic nitrogens is 2. The van der Waals surface area contributed by atoms with Crippen molar-refractivity contribution in [1.82, 2.24) is 15.5 Å². The lowest BCUT2D eigenvalue weighted by molar-refractivity contribution is 0.0918. The van der Waals surface area contributed by atoms with Crippen LogP contribution < -0.4 is 16.6 Å². The SMILES string of the molecule is CCC(NC(=O)c1ccc(NN)nn1)C(C)C. The molecule has 1 amide bonds. The van der Waals surface area contributed by atoms with Gasteiger partial charge in [-0.25, -0.2) is 5.84 Å². The number of carbonyl (C=O) groups is 1. The molecule has 6 heteroatoms. The minimum absolute atomic E-state index is 0.150. The third kappa shape index (κ3) is 3.67. The summed E-state index contributed by atoms with van der Waals surface area (Å²) in [6.07, 6.45) is 0.888. The highest BCUT2D eigenvalue weighted by Gasteiger charge is 2.16. The molecule has 1 unspecified atom stereocenters. The fourth-order valence-corrected chi connectivity index (χ4v) is 1.51. The monoisotopic (exact) mass is 237 g/mol. The lowest BCUT2D eigenvalue weighted by Gasteiger charge is -2.20. The van der Waals surface area contributed by atoms with Crippen LogP contribution in [-0.2, 0) is 0 Å². The summed E-state index contributed by atoms with van der Waals surface area (Å²) in [6.45, 7) is 6.18. The number of rotatable bonds is 5. The van der Waals surface area contributed by atoms with Crippen molar-refractivity contribution < 1.29 is 4.79 Å². The highest BCUT2D eigenvalue weighted by atomic mass is 16.2. The molecule has 0 aromatic carbocycles. The molecule has 1 heterocycles. The Morgan fingerprint density at radius 3 is 2.53 bits per heavy atom. The Hall–Kier alpha value is -1.69. The van der Waals surface area contributed by atoms with Crippen molar-refractivity contribution in [1.29, 1.82) is 0 Å². The van der Waals surface area contributed by atoms with Crippen molar-refractivity contribution >= 4 is 11.7 Å². The number of nitrogen functional groups attached to an aromatic ring is 1. The molecule has 4 N–H and O–H groups in total. The lowest BCUT2D eigenvalue weighted by Crippen LogP contribution is -2.38. The number of carbonyl (C=O) groups excluding carboxylic acids is 1. The molecule has 1 aromatic rings. The van der Waals surface area contributed by atoms with Gasteiger partial charge in [-0.2, -0.15) is 0 Å². The smallest absolute Gasteiger partial charge is 0.272 e. The average molecular weight is 237 g/mol. The molecule has 0 saturated carbocycles. The van der Waals surface area contributed by atoms with Crippen molar-refractivity contribution in [2.24, 2.45) is 11.8 Å². The Bertz CT molecular complexity index is 363. The predicted molar refractivity (Wildman–Crippen MR) is 66.2 cm³/mol. The first kappa shape index (κ1) is 13.4. The normalized spacial score (nSPS) is 12.3. The van der Waals surface area contributed by atoms with Gasteiger partial charge in [0.25, 0.3) is 5.91 Å². The molecule has 0 aliphatic heterocycles. The number of hydrogen-bond acceptors (Lipinski definition) is 5. The second-order valence-electron chi connectivity index (χ2n) is 4.18. The third-order valence-corrected chi connectivity index (χ3v) is 2.61. The van der Waals surface area contributed by atoms with Gasteiger partial charge in [-0.1, -0.05) is 20.8 Å². The molecular formula is C11H19N5O. The molecule has 94 valence electrons. The summed E-state index contributed by atoms with van der Waals surface area (Å²) in [5, 5.41) is 10.5. The molecule has 0 aliphatic carbocycles. The van der Waals surface area contributed by atoms with E-state index in [-0.39, 0.29) is 11.9 Å². The second kappa shape index (κ2) is 6.15. The summed E-state index contributed by atoms with van der Waals surface area (Å²) >= 11 is 0. The van der Waals surface area contributed by atoms with E-state index in [2.05, 4.69) is 34.8 Å². The zero-order valence-corrected chi connectivity index (χ0v) is 10.4. The molecule has 0 saturated heterocycles. The molecule has 0 aliphatic rings. The maximum absolute atomic E-state index is 11.9. The molecular weight excluding hydrogens is 218 g/mol. The minimum atomic E-state index is -0.207. The van der Waals surface area contributed by atoms with Crippen LogP contribution in [0.4, 0.5) is 5.82 Å². The molecule has 0 radical (unpaired) electrons. The number of nitrogens with zero attached hydrogens (tertiary/aromatic N) is 2. The summed E-state index contributed by atoms with van der Waals surface area (Å²) in [5.41, 5.74) is 2.65. The quantitative estimate of drug-likeness (QED) is 0.523. The topological polar surface area (TPSA) is 92.9 Å². The predicted octanol–water partition coefficient (Wildman–Crippen LogP) is 0.927. The van der Waals surface area contributed by atoms with Gasteiger partial charge >= 0.3 is 0 Å². The number of nitrogens with two attached hydrogens (primary N) is 1. The Balaban J connectivity index is 2.68.